The minimum Gasteiger partial charge on any atom is -0.468 e. The van der Waals surface area contributed by atoms with Crippen LogP contribution in [0.3, 0.4) is 0 Å². The minimum absolute atomic E-state index is 0.157. The molecule has 3 aromatic rings. The number of nitrogens with one attached hydrogen (secondary N) is 1. The van der Waals surface area contributed by atoms with Crippen molar-refractivity contribution in [3.63, 3.8) is 0 Å². The highest BCUT2D eigenvalue weighted by Gasteiger charge is 2.50. The van der Waals surface area contributed by atoms with E-state index in [1.165, 1.54) is 17.5 Å². The van der Waals surface area contributed by atoms with Crippen molar-refractivity contribution in [2.24, 2.45) is 0 Å². The highest BCUT2D eigenvalue weighted by atomic mass is 28.4. The van der Waals surface area contributed by atoms with Gasteiger partial charge >= 0.3 is 5.97 Å². The predicted molar refractivity (Wildman–Crippen MR) is 133 cm³/mol. The highest BCUT2D eigenvalue weighted by molar-refractivity contribution is 6.99. The van der Waals surface area contributed by atoms with Crippen LogP contribution in [0.2, 0.25) is 5.04 Å². The third-order valence-electron chi connectivity index (χ3n) is 5.76. The Kier molecular flexibility index (Phi) is 8.02. The molecule has 32 heavy (non-hydrogen) atoms. The van der Waals surface area contributed by atoms with Crippen molar-refractivity contribution in [3.8, 4) is 0 Å². The van der Waals surface area contributed by atoms with Gasteiger partial charge in [-0.15, -0.1) is 0 Å². The molecule has 0 aromatic heterocycles. The first-order chi connectivity index (χ1) is 15.4. The number of rotatable bonds is 9. The van der Waals surface area contributed by atoms with Crippen molar-refractivity contribution in [1.82, 2.24) is 5.32 Å². The summed E-state index contributed by atoms with van der Waals surface area (Å²) in [6.45, 7) is 7.47. The quantitative estimate of drug-likeness (QED) is 0.399. The summed E-state index contributed by atoms with van der Waals surface area (Å²) >= 11 is 0. The molecule has 0 aliphatic rings. The van der Waals surface area contributed by atoms with Crippen LogP contribution in [0, 0.1) is 0 Å². The Morgan fingerprint density at radius 1 is 0.844 bits per heavy atom. The molecule has 3 aromatic carbocycles. The minimum atomic E-state index is -2.73. The van der Waals surface area contributed by atoms with Crippen LogP contribution < -0.4 is 15.7 Å². The molecule has 0 saturated carbocycles. The fraction of sp³-hybridized carbons (Fsp3) is 0.296. The fourth-order valence-electron chi connectivity index (χ4n) is 4.16. The van der Waals surface area contributed by atoms with Crippen LogP contribution in [0.4, 0.5) is 0 Å². The lowest BCUT2D eigenvalue weighted by Gasteiger charge is -2.43. The van der Waals surface area contributed by atoms with Crippen LogP contribution >= 0.6 is 0 Å². The number of esters is 1. The van der Waals surface area contributed by atoms with E-state index < -0.39 is 14.4 Å². The van der Waals surface area contributed by atoms with Crippen LogP contribution in [0.5, 0.6) is 0 Å². The SMILES string of the molecule is COC(=O)[C@H](CO[Si](c1ccccc1)(c1ccccc1)C(C)(C)C)NCc1ccccc1. The maximum absolute atomic E-state index is 12.6. The van der Waals surface area contributed by atoms with E-state index in [0.717, 1.165) is 5.56 Å². The van der Waals surface area contributed by atoms with Gasteiger partial charge in [0.2, 0.25) is 0 Å². The first kappa shape index (κ1) is 23.9. The average Bonchev–Trinajstić information content (AvgIpc) is 2.82. The predicted octanol–water partition coefficient (Wildman–Crippen LogP) is 3.89. The number of methoxy groups -OCH3 is 1. The summed E-state index contributed by atoms with van der Waals surface area (Å²) in [5, 5.41) is 5.55. The van der Waals surface area contributed by atoms with Gasteiger partial charge in [-0.2, -0.15) is 0 Å². The van der Waals surface area contributed by atoms with E-state index >= 15 is 0 Å². The molecule has 0 spiro atoms. The van der Waals surface area contributed by atoms with Crippen LogP contribution in [0.15, 0.2) is 91.0 Å². The number of benzene rings is 3. The van der Waals surface area contributed by atoms with Gasteiger partial charge in [0.15, 0.2) is 0 Å². The van der Waals surface area contributed by atoms with E-state index in [9.17, 15) is 4.79 Å². The molecule has 0 fully saturated rings. The molecule has 1 N–H and O–H groups in total. The number of carbonyl (C=O) groups is 1. The summed E-state index contributed by atoms with van der Waals surface area (Å²) in [7, 11) is -1.31. The Morgan fingerprint density at radius 2 is 1.31 bits per heavy atom. The third kappa shape index (κ3) is 5.36. The molecule has 5 heteroatoms. The molecule has 168 valence electrons. The molecule has 0 bridgehead atoms. The zero-order chi connectivity index (χ0) is 23.0. The van der Waals surface area contributed by atoms with Gasteiger partial charge in [0.1, 0.15) is 6.04 Å². The number of ether oxygens (including phenoxy) is 1. The Bertz CT molecular complexity index is 933. The van der Waals surface area contributed by atoms with Crippen LogP contribution in [0.1, 0.15) is 26.3 Å². The van der Waals surface area contributed by atoms with Crippen molar-refractivity contribution >= 4 is 24.7 Å². The Morgan fingerprint density at radius 3 is 1.75 bits per heavy atom. The molecule has 4 nitrogen and oxygen atoms in total. The summed E-state index contributed by atoms with van der Waals surface area (Å²) in [5.41, 5.74) is 1.10. The normalized spacial score (nSPS) is 12.9. The molecule has 3 rings (SSSR count). The van der Waals surface area contributed by atoms with E-state index in [0.29, 0.717) is 6.54 Å². The maximum Gasteiger partial charge on any atom is 0.325 e. The highest BCUT2D eigenvalue weighted by Crippen LogP contribution is 2.36. The zero-order valence-corrected chi connectivity index (χ0v) is 20.4. The molecule has 0 saturated heterocycles. The van der Waals surface area contributed by atoms with Gasteiger partial charge in [0.25, 0.3) is 8.32 Å². The molecule has 0 radical (unpaired) electrons. The van der Waals surface area contributed by atoms with Gasteiger partial charge in [0, 0.05) is 6.54 Å². The largest absolute Gasteiger partial charge is 0.468 e. The maximum atomic E-state index is 12.6. The molecule has 0 unspecified atom stereocenters. The van der Waals surface area contributed by atoms with Gasteiger partial charge in [-0.25, -0.2) is 0 Å². The average molecular weight is 448 g/mol. The van der Waals surface area contributed by atoms with Crippen LogP contribution in [-0.2, 0) is 20.5 Å². The van der Waals surface area contributed by atoms with Crippen molar-refractivity contribution < 1.29 is 14.0 Å². The number of hydrogen-bond acceptors (Lipinski definition) is 4. The summed E-state index contributed by atoms with van der Waals surface area (Å²) < 4.78 is 12.0. The zero-order valence-electron chi connectivity index (χ0n) is 19.4. The lowest BCUT2D eigenvalue weighted by Crippen LogP contribution is -2.67. The number of hydrogen-bond donors (Lipinski definition) is 1. The lowest BCUT2D eigenvalue weighted by atomic mass is 10.2. The second kappa shape index (κ2) is 10.7. The van der Waals surface area contributed by atoms with E-state index in [2.05, 4.69) is 74.6 Å². The van der Waals surface area contributed by atoms with Crippen molar-refractivity contribution in [2.75, 3.05) is 13.7 Å². The summed E-state index contributed by atoms with van der Waals surface area (Å²) in [6.07, 6.45) is 0. The van der Waals surface area contributed by atoms with E-state index in [4.69, 9.17) is 9.16 Å². The third-order valence-corrected chi connectivity index (χ3v) is 10.8. The van der Waals surface area contributed by atoms with Gasteiger partial charge in [-0.05, 0) is 21.0 Å². The van der Waals surface area contributed by atoms with Gasteiger partial charge < -0.3 is 9.16 Å². The Hall–Kier alpha value is -2.73. The standard InChI is InChI=1S/C27H33NO3Si/c1-27(2,3)32(23-16-10-6-11-17-23,24-18-12-7-13-19-24)31-21-25(26(29)30-4)28-20-22-14-8-5-9-15-22/h5-19,25,28H,20-21H2,1-4H3/t25-/m0/s1. The molecule has 1 atom stereocenters. The summed E-state index contributed by atoms with van der Waals surface area (Å²) in [4.78, 5) is 12.6. The first-order valence-corrected chi connectivity index (χ1v) is 12.9. The second-order valence-electron chi connectivity index (χ2n) is 8.92. The Labute approximate surface area is 192 Å². The lowest BCUT2D eigenvalue weighted by molar-refractivity contribution is -0.144. The van der Waals surface area contributed by atoms with E-state index in [1.54, 1.807) is 0 Å². The van der Waals surface area contributed by atoms with Crippen molar-refractivity contribution in [1.29, 1.82) is 0 Å². The van der Waals surface area contributed by atoms with Gasteiger partial charge in [-0.3, -0.25) is 10.1 Å². The molecule has 0 amide bonds. The second-order valence-corrected chi connectivity index (χ2v) is 13.2. The van der Waals surface area contributed by atoms with Crippen LogP contribution in [-0.4, -0.2) is 34.0 Å². The molecular weight excluding hydrogens is 414 g/mol. The van der Waals surface area contributed by atoms with Crippen molar-refractivity contribution in [3.05, 3.63) is 96.6 Å². The van der Waals surface area contributed by atoms with Crippen LogP contribution in [0.25, 0.3) is 0 Å². The van der Waals surface area contributed by atoms with Gasteiger partial charge in [-0.1, -0.05) is 112 Å². The Balaban J connectivity index is 1.95. The number of carbonyl (C=O) groups excluding carboxylic acids is 1. The van der Waals surface area contributed by atoms with E-state index in [-0.39, 0.29) is 17.6 Å². The monoisotopic (exact) mass is 447 g/mol. The van der Waals surface area contributed by atoms with E-state index in [1.807, 2.05) is 42.5 Å². The van der Waals surface area contributed by atoms with Crippen molar-refractivity contribution in [2.45, 2.75) is 38.4 Å². The summed E-state index contributed by atoms with van der Waals surface area (Å²) in [5.74, 6) is -0.320. The molecular formula is C27H33NO3Si. The molecule has 0 aliphatic carbocycles. The smallest absolute Gasteiger partial charge is 0.325 e. The first-order valence-electron chi connectivity index (χ1n) is 11.0. The fourth-order valence-corrected chi connectivity index (χ4v) is 8.73. The topological polar surface area (TPSA) is 47.6 Å². The summed E-state index contributed by atoms with van der Waals surface area (Å²) in [6, 6.07) is 30.3. The molecule has 0 heterocycles. The molecule has 0 aliphatic heterocycles. The van der Waals surface area contributed by atoms with Gasteiger partial charge in [0.05, 0.1) is 13.7 Å².